The van der Waals surface area contributed by atoms with E-state index in [-0.39, 0.29) is 5.82 Å². The highest BCUT2D eigenvalue weighted by Crippen LogP contribution is 2.33. The Morgan fingerprint density at radius 1 is 1.00 bits per heavy atom. The van der Waals surface area contributed by atoms with Crippen LogP contribution in [0.25, 0.3) is 26.9 Å². The first-order chi connectivity index (χ1) is 12.5. The summed E-state index contributed by atoms with van der Waals surface area (Å²) in [5.74, 6) is 0.947. The van der Waals surface area contributed by atoms with Crippen molar-refractivity contribution in [2.24, 2.45) is 0 Å². The van der Waals surface area contributed by atoms with Crippen molar-refractivity contribution in [3.63, 3.8) is 0 Å². The van der Waals surface area contributed by atoms with Crippen LogP contribution in [0.15, 0.2) is 48.5 Å². The van der Waals surface area contributed by atoms with Gasteiger partial charge in [-0.3, -0.25) is 0 Å². The maximum atomic E-state index is 13.0. The third kappa shape index (κ3) is 2.90. The monoisotopic (exact) mass is 376 g/mol. The molecule has 2 heterocycles. The lowest BCUT2D eigenvalue weighted by atomic mass is 10.1. The van der Waals surface area contributed by atoms with Crippen LogP contribution in [0.1, 0.15) is 5.56 Å². The summed E-state index contributed by atoms with van der Waals surface area (Å²) in [4.78, 5) is 0.496. The fourth-order valence-corrected chi connectivity index (χ4v) is 3.34. The lowest BCUT2D eigenvalue weighted by Gasteiger charge is -2.07. The highest BCUT2D eigenvalue weighted by molar-refractivity contribution is 7.19. The van der Waals surface area contributed by atoms with E-state index in [0.717, 1.165) is 17.7 Å². The zero-order valence-electron chi connectivity index (χ0n) is 13.4. The lowest BCUT2D eigenvalue weighted by Crippen LogP contribution is -2.05. The van der Waals surface area contributed by atoms with Crippen molar-refractivity contribution in [2.75, 3.05) is 7.11 Å². The summed E-state index contributed by atoms with van der Waals surface area (Å²) in [6, 6.07) is 12.3. The molecule has 2 aromatic heterocycles. The Hall–Kier alpha value is -2.94. The van der Waals surface area contributed by atoms with Gasteiger partial charge in [0.05, 0.1) is 12.7 Å². The molecule has 0 saturated carbocycles. The van der Waals surface area contributed by atoms with Gasteiger partial charge in [-0.1, -0.05) is 35.6 Å². The van der Waals surface area contributed by atoms with E-state index in [2.05, 4.69) is 15.3 Å². The molecule has 26 heavy (non-hydrogen) atoms. The smallest absolute Gasteiger partial charge is 0.416 e. The van der Waals surface area contributed by atoms with Crippen LogP contribution < -0.4 is 4.74 Å². The van der Waals surface area contributed by atoms with Gasteiger partial charge in [0.1, 0.15) is 10.8 Å². The van der Waals surface area contributed by atoms with E-state index in [1.165, 1.54) is 21.9 Å². The molecule has 0 saturated heterocycles. The third-order valence-corrected chi connectivity index (χ3v) is 4.70. The van der Waals surface area contributed by atoms with Crippen molar-refractivity contribution in [2.45, 2.75) is 6.18 Å². The number of ether oxygens (including phenoxy) is 1. The standard InChI is InChI=1S/C17H11F3N4OS/c1-25-13-7-3-5-11(9-13)15-23-24-14(21-22-16(24)26-15)10-4-2-6-12(8-10)17(18,19)20/h2-9H,1H3. The molecule has 5 nitrogen and oxygen atoms in total. The van der Waals surface area contributed by atoms with E-state index in [9.17, 15) is 13.2 Å². The number of methoxy groups -OCH3 is 1. The normalized spacial score (nSPS) is 11.8. The molecule has 4 aromatic rings. The van der Waals surface area contributed by atoms with Crippen molar-refractivity contribution in [1.82, 2.24) is 19.8 Å². The third-order valence-electron chi connectivity index (χ3n) is 3.76. The Labute approximate surface area is 149 Å². The van der Waals surface area contributed by atoms with Gasteiger partial charge in [-0.15, -0.1) is 10.2 Å². The molecule has 0 aliphatic rings. The molecule has 2 aromatic carbocycles. The molecule has 0 spiro atoms. The quantitative estimate of drug-likeness (QED) is 0.527. The van der Waals surface area contributed by atoms with Crippen LogP contribution >= 0.6 is 11.3 Å². The molecule has 0 amide bonds. The molecule has 132 valence electrons. The zero-order valence-corrected chi connectivity index (χ0v) is 14.2. The molecule has 0 N–H and O–H groups in total. The maximum absolute atomic E-state index is 13.0. The molecular formula is C17H11F3N4OS. The highest BCUT2D eigenvalue weighted by atomic mass is 32.1. The highest BCUT2D eigenvalue weighted by Gasteiger charge is 2.31. The number of alkyl halides is 3. The molecule has 0 radical (unpaired) electrons. The molecule has 9 heteroatoms. The van der Waals surface area contributed by atoms with E-state index in [4.69, 9.17) is 4.74 Å². The van der Waals surface area contributed by atoms with E-state index < -0.39 is 11.7 Å². The molecule has 0 aliphatic heterocycles. The van der Waals surface area contributed by atoms with Crippen LogP contribution in [0.3, 0.4) is 0 Å². The number of hydrogen-bond acceptors (Lipinski definition) is 5. The van der Waals surface area contributed by atoms with Gasteiger partial charge in [-0.25, -0.2) is 0 Å². The lowest BCUT2D eigenvalue weighted by molar-refractivity contribution is -0.137. The molecule has 4 rings (SSSR count). The molecule has 0 atom stereocenters. The van der Waals surface area contributed by atoms with Gasteiger partial charge in [0.25, 0.3) is 0 Å². The predicted octanol–water partition coefficient (Wildman–Crippen LogP) is 4.55. The first kappa shape index (κ1) is 16.5. The van der Waals surface area contributed by atoms with Crippen LogP contribution in [0, 0.1) is 0 Å². The minimum atomic E-state index is -4.42. The van der Waals surface area contributed by atoms with Crippen LogP contribution in [0.2, 0.25) is 0 Å². The van der Waals surface area contributed by atoms with E-state index in [1.54, 1.807) is 13.2 Å². The van der Waals surface area contributed by atoms with Crippen molar-refractivity contribution in [3.05, 3.63) is 54.1 Å². The summed E-state index contributed by atoms with van der Waals surface area (Å²) in [5.41, 5.74) is 0.389. The van der Waals surface area contributed by atoms with Crippen molar-refractivity contribution in [1.29, 1.82) is 0 Å². The van der Waals surface area contributed by atoms with Crippen molar-refractivity contribution in [3.8, 4) is 27.7 Å². The van der Waals surface area contributed by atoms with Crippen molar-refractivity contribution >= 4 is 16.3 Å². The summed E-state index contributed by atoms with van der Waals surface area (Å²) in [7, 11) is 1.57. The summed E-state index contributed by atoms with van der Waals surface area (Å²) in [6.45, 7) is 0. The summed E-state index contributed by atoms with van der Waals surface area (Å²) in [6.07, 6.45) is -4.42. The number of hydrogen-bond donors (Lipinski definition) is 0. The largest absolute Gasteiger partial charge is 0.497 e. The molecule has 0 aliphatic carbocycles. The Kier molecular flexibility index (Phi) is 3.87. The number of fused-ring (bicyclic) bond motifs is 1. The first-order valence-corrected chi connectivity index (χ1v) is 8.31. The molecule has 0 unspecified atom stereocenters. The van der Waals surface area contributed by atoms with Gasteiger partial charge in [-0.05, 0) is 24.3 Å². The molecule has 0 fully saturated rings. The Morgan fingerprint density at radius 3 is 2.54 bits per heavy atom. The second-order valence-corrected chi connectivity index (χ2v) is 6.39. The number of benzene rings is 2. The van der Waals surface area contributed by atoms with Crippen LogP contribution in [-0.2, 0) is 6.18 Å². The van der Waals surface area contributed by atoms with Gasteiger partial charge >= 0.3 is 6.18 Å². The summed E-state index contributed by atoms with van der Waals surface area (Å²) < 4.78 is 45.5. The first-order valence-electron chi connectivity index (χ1n) is 7.50. The fourth-order valence-electron chi connectivity index (χ4n) is 2.50. The van der Waals surface area contributed by atoms with Gasteiger partial charge < -0.3 is 4.74 Å². The Balaban J connectivity index is 1.80. The second-order valence-electron chi connectivity index (χ2n) is 5.44. The minimum absolute atomic E-state index is 0.261. The Morgan fingerprint density at radius 2 is 1.77 bits per heavy atom. The Bertz CT molecular complexity index is 1090. The van der Waals surface area contributed by atoms with E-state index >= 15 is 0 Å². The van der Waals surface area contributed by atoms with Gasteiger partial charge in [0, 0.05) is 11.1 Å². The van der Waals surface area contributed by atoms with Crippen LogP contribution in [0.4, 0.5) is 13.2 Å². The average Bonchev–Trinajstić information content (AvgIpc) is 3.22. The number of rotatable bonds is 3. The van der Waals surface area contributed by atoms with Gasteiger partial charge in [0.15, 0.2) is 5.82 Å². The topological polar surface area (TPSA) is 52.3 Å². The SMILES string of the molecule is COc1cccc(-c2nn3c(-c4cccc(C(F)(F)F)c4)nnc3s2)c1. The fraction of sp³-hybridized carbons (Fsp3) is 0.118. The van der Waals surface area contributed by atoms with Gasteiger partial charge in [-0.2, -0.15) is 22.8 Å². The summed E-state index contributed by atoms with van der Waals surface area (Å²) >= 11 is 1.30. The molecular weight excluding hydrogens is 365 g/mol. The summed E-state index contributed by atoms with van der Waals surface area (Å²) in [5, 5.41) is 13.1. The number of halogens is 3. The zero-order chi connectivity index (χ0) is 18.3. The average molecular weight is 376 g/mol. The maximum Gasteiger partial charge on any atom is 0.416 e. The molecule has 0 bridgehead atoms. The predicted molar refractivity (Wildman–Crippen MR) is 91.1 cm³/mol. The van der Waals surface area contributed by atoms with Gasteiger partial charge in [0.2, 0.25) is 4.96 Å². The second kappa shape index (κ2) is 6.10. The number of nitrogens with zero attached hydrogens (tertiary/aromatic N) is 4. The number of aromatic nitrogens is 4. The van der Waals surface area contributed by atoms with E-state index in [1.807, 2.05) is 24.3 Å². The minimum Gasteiger partial charge on any atom is -0.497 e. The van der Waals surface area contributed by atoms with E-state index in [0.29, 0.717) is 21.3 Å². The van der Waals surface area contributed by atoms with Crippen LogP contribution in [0.5, 0.6) is 5.75 Å². The van der Waals surface area contributed by atoms with Crippen molar-refractivity contribution < 1.29 is 17.9 Å². The van der Waals surface area contributed by atoms with Crippen LogP contribution in [-0.4, -0.2) is 26.9 Å².